The fraction of sp³-hybridized carbons (Fsp3) is 0.250. The summed E-state index contributed by atoms with van der Waals surface area (Å²) in [4.78, 5) is 15.1. The molecule has 0 aliphatic carbocycles. The summed E-state index contributed by atoms with van der Waals surface area (Å²) in [6.07, 6.45) is 1.97. The molecule has 4 rings (SSSR count). The fourth-order valence-corrected chi connectivity index (χ4v) is 5.30. The van der Waals surface area contributed by atoms with E-state index in [1.165, 1.54) is 28.7 Å². The van der Waals surface area contributed by atoms with E-state index in [1.807, 2.05) is 23.1 Å². The number of benzene rings is 2. The van der Waals surface area contributed by atoms with Gasteiger partial charge >= 0.3 is 0 Å². The van der Waals surface area contributed by atoms with E-state index in [2.05, 4.69) is 21.6 Å². The number of alkyl halides is 2. The van der Waals surface area contributed by atoms with Crippen molar-refractivity contribution in [3.63, 3.8) is 0 Å². The second-order valence-corrected chi connectivity index (χ2v) is 9.73. The molecule has 3 aromatic rings. The Bertz CT molecular complexity index is 1010. The van der Waals surface area contributed by atoms with Crippen LogP contribution in [0.2, 0.25) is 0 Å². The zero-order valence-corrected chi connectivity index (χ0v) is 18.2. The van der Waals surface area contributed by atoms with E-state index in [0.29, 0.717) is 31.9 Å². The molecule has 0 atom stereocenters. The molecule has 1 N–H and O–H groups in total. The van der Waals surface area contributed by atoms with Crippen molar-refractivity contribution in [1.29, 1.82) is 0 Å². The molecule has 2 heterocycles. The van der Waals surface area contributed by atoms with Crippen LogP contribution in [0.5, 0.6) is 0 Å². The predicted molar refractivity (Wildman–Crippen MR) is 119 cm³/mol. The first-order chi connectivity index (χ1) is 14.6. The zero-order chi connectivity index (χ0) is 20.9. The number of thioether (sulfide) groups is 2. The molecule has 10 heteroatoms. The first kappa shape index (κ1) is 21.1. The zero-order valence-electron chi connectivity index (χ0n) is 15.8. The SMILES string of the molecule is O=C(CSc1nnc(Nc2ccc(SC(F)F)cc2)s1)N1CCCc2ccccc21. The van der Waals surface area contributed by atoms with Crippen LogP contribution in [0, 0.1) is 0 Å². The predicted octanol–water partition coefficient (Wildman–Crippen LogP) is 5.67. The Labute approximate surface area is 185 Å². The van der Waals surface area contributed by atoms with Crippen LogP contribution in [-0.4, -0.2) is 34.2 Å². The van der Waals surface area contributed by atoms with Crippen molar-refractivity contribution >= 4 is 57.3 Å². The number of aromatic nitrogens is 2. The molecule has 1 amide bonds. The number of carbonyl (C=O) groups excluding carboxylic acids is 1. The topological polar surface area (TPSA) is 58.1 Å². The average Bonchev–Trinajstić information content (AvgIpc) is 3.20. The monoisotopic (exact) mass is 464 g/mol. The van der Waals surface area contributed by atoms with Crippen molar-refractivity contribution in [1.82, 2.24) is 10.2 Å². The van der Waals surface area contributed by atoms with Crippen molar-refractivity contribution in [2.75, 3.05) is 22.5 Å². The average molecular weight is 465 g/mol. The maximum absolute atomic E-state index is 12.7. The Hall–Kier alpha value is -2.17. The van der Waals surface area contributed by atoms with Gasteiger partial charge in [0.1, 0.15) is 0 Å². The Morgan fingerprint density at radius 2 is 1.97 bits per heavy atom. The smallest absolute Gasteiger partial charge is 0.288 e. The van der Waals surface area contributed by atoms with Gasteiger partial charge in [0.15, 0.2) is 4.34 Å². The molecular weight excluding hydrogens is 446 g/mol. The number of amides is 1. The van der Waals surface area contributed by atoms with Gasteiger partial charge in [0.2, 0.25) is 11.0 Å². The molecule has 0 unspecified atom stereocenters. The van der Waals surface area contributed by atoms with Gasteiger partial charge in [-0.05, 0) is 48.7 Å². The van der Waals surface area contributed by atoms with Crippen LogP contribution in [0.3, 0.4) is 0 Å². The Kier molecular flexibility index (Phi) is 6.86. The summed E-state index contributed by atoms with van der Waals surface area (Å²) in [5.74, 6) is -2.08. The van der Waals surface area contributed by atoms with Crippen molar-refractivity contribution in [3.8, 4) is 0 Å². The highest BCUT2D eigenvalue weighted by molar-refractivity contribution is 8.01. The first-order valence-electron chi connectivity index (χ1n) is 9.25. The van der Waals surface area contributed by atoms with Crippen LogP contribution >= 0.6 is 34.9 Å². The van der Waals surface area contributed by atoms with Gasteiger partial charge in [-0.1, -0.05) is 53.1 Å². The number of hydrogen-bond donors (Lipinski definition) is 1. The van der Waals surface area contributed by atoms with Gasteiger partial charge in [-0.15, -0.1) is 10.2 Å². The van der Waals surface area contributed by atoms with Crippen LogP contribution in [0.15, 0.2) is 57.8 Å². The summed E-state index contributed by atoms with van der Waals surface area (Å²) >= 11 is 3.22. The van der Waals surface area contributed by atoms with Gasteiger partial charge in [-0.3, -0.25) is 4.79 Å². The molecule has 0 saturated carbocycles. The molecule has 156 valence electrons. The molecule has 1 aliphatic rings. The number of aryl methyl sites for hydroxylation is 1. The first-order valence-corrected chi connectivity index (χ1v) is 11.9. The van der Waals surface area contributed by atoms with Crippen molar-refractivity contribution in [2.45, 2.75) is 27.8 Å². The fourth-order valence-electron chi connectivity index (χ4n) is 3.16. The second kappa shape index (κ2) is 9.76. The summed E-state index contributed by atoms with van der Waals surface area (Å²) in [6.45, 7) is 0.735. The van der Waals surface area contributed by atoms with E-state index >= 15 is 0 Å². The molecule has 2 aromatic carbocycles. The standard InChI is InChI=1S/C20H18F2N4OS3/c21-18(22)29-15-9-7-14(8-10-15)23-19-24-25-20(30-19)28-12-17(27)26-11-3-5-13-4-1-2-6-16(13)26/h1-2,4,6-10,18H,3,5,11-12H2,(H,23,24). The Balaban J connectivity index is 1.32. The van der Waals surface area contributed by atoms with E-state index in [4.69, 9.17) is 0 Å². The van der Waals surface area contributed by atoms with Crippen molar-refractivity contribution < 1.29 is 13.6 Å². The summed E-state index contributed by atoms with van der Waals surface area (Å²) in [5, 5.41) is 11.9. The minimum atomic E-state index is -2.44. The van der Waals surface area contributed by atoms with Crippen LogP contribution < -0.4 is 10.2 Å². The Morgan fingerprint density at radius 1 is 1.17 bits per heavy atom. The molecule has 0 spiro atoms. The third-order valence-electron chi connectivity index (χ3n) is 4.47. The van der Waals surface area contributed by atoms with E-state index in [1.54, 1.807) is 24.3 Å². The lowest BCUT2D eigenvalue weighted by Crippen LogP contribution is -2.36. The van der Waals surface area contributed by atoms with E-state index in [0.717, 1.165) is 30.8 Å². The van der Waals surface area contributed by atoms with Gasteiger partial charge < -0.3 is 10.2 Å². The molecule has 0 radical (unpaired) electrons. The third-order valence-corrected chi connectivity index (χ3v) is 7.15. The number of para-hydroxylation sites is 1. The minimum Gasteiger partial charge on any atom is -0.330 e. The maximum atomic E-state index is 12.7. The molecule has 1 aromatic heterocycles. The molecule has 1 aliphatic heterocycles. The highest BCUT2D eigenvalue weighted by Crippen LogP contribution is 2.31. The molecule has 0 bridgehead atoms. The molecule has 0 saturated heterocycles. The number of nitrogens with one attached hydrogen (secondary N) is 1. The minimum absolute atomic E-state index is 0.0592. The highest BCUT2D eigenvalue weighted by Gasteiger charge is 2.22. The third kappa shape index (κ3) is 5.30. The van der Waals surface area contributed by atoms with Gasteiger partial charge in [-0.2, -0.15) is 8.78 Å². The van der Waals surface area contributed by atoms with Gasteiger partial charge in [-0.25, -0.2) is 0 Å². The molecule has 30 heavy (non-hydrogen) atoms. The van der Waals surface area contributed by atoms with Crippen LogP contribution in [-0.2, 0) is 11.2 Å². The van der Waals surface area contributed by atoms with E-state index in [-0.39, 0.29) is 5.91 Å². The largest absolute Gasteiger partial charge is 0.330 e. The van der Waals surface area contributed by atoms with Gasteiger partial charge in [0, 0.05) is 22.8 Å². The summed E-state index contributed by atoms with van der Waals surface area (Å²) in [7, 11) is 0. The second-order valence-electron chi connectivity index (χ2n) is 6.47. The van der Waals surface area contributed by atoms with Gasteiger partial charge in [0.05, 0.1) is 5.75 Å². The lowest BCUT2D eigenvalue weighted by atomic mass is 10.0. The number of rotatable bonds is 7. The van der Waals surface area contributed by atoms with Crippen molar-refractivity contribution in [3.05, 3.63) is 54.1 Å². The quantitative estimate of drug-likeness (QED) is 0.455. The number of halogens is 2. The molecular formula is C20H18F2N4OS3. The maximum Gasteiger partial charge on any atom is 0.288 e. The van der Waals surface area contributed by atoms with Crippen LogP contribution in [0.25, 0.3) is 0 Å². The molecule has 0 fully saturated rings. The van der Waals surface area contributed by atoms with E-state index in [9.17, 15) is 13.6 Å². The number of anilines is 3. The lowest BCUT2D eigenvalue weighted by molar-refractivity contribution is -0.116. The summed E-state index contributed by atoms with van der Waals surface area (Å²) in [6, 6.07) is 14.7. The summed E-state index contributed by atoms with van der Waals surface area (Å²) in [5.41, 5.74) is 2.95. The highest BCUT2D eigenvalue weighted by atomic mass is 32.2. The van der Waals surface area contributed by atoms with Gasteiger partial charge in [0.25, 0.3) is 5.76 Å². The van der Waals surface area contributed by atoms with Crippen LogP contribution in [0.1, 0.15) is 12.0 Å². The lowest BCUT2D eigenvalue weighted by Gasteiger charge is -2.29. The van der Waals surface area contributed by atoms with E-state index < -0.39 is 5.76 Å². The number of fused-ring (bicyclic) bond motifs is 1. The van der Waals surface area contributed by atoms with Crippen LogP contribution in [0.4, 0.5) is 25.3 Å². The number of hydrogen-bond acceptors (Lipinski definition) is 7. The van der Waals surface area contributed by atoms with Crippen molar-refractivity contribution in [2.24, 2.45) is 0 Å². The Morgan fingerprint density at radius 3 is 2.77 bits per heavy atom. The summed E-state index contributed by atoms with van der Waals surface area (Å²) < 4.78 is 25.5. The normalized spacial score (nSPS) is 13.4. The number of carbonyl (C=O) groups is 1. The number of nitrogens with zero attached hydrogens (tertiary/aromatic N) is 3. The molecule has 5 nitrogen and oxygen atoms in total.